The minimum atomic E-state index is -4.63. The van der Waals surface area contributed by atoms with Crippen molar-refractivity contribution < 1.29 is 37.3 Å². The van der Waals surface area contributed by atoms with Gasteiger partial charge in [-0.3, -0.25) is 4.79 Å². The van der Waals surface area contributed by atoms with Crippen molar-refractivity contribution in [1.82, 2.24) is 0 Å². The number of benzene rings is 2. The summed E-state index contributed by atoms with van der Waals surface area (Å²) in [4.78, 5) is 23.9. The molecule has 1 aliphatic rings. The highest BCUT2D eigenvalue weighted by Gasteiger charge is 2.32. The van der Waals surface area contributed by atoms with E-state index >= 15 is 0 Å². The molecule has 0 fully saturated rings. The number of alkyl halides is 3. The number of carboxylic acids is 1. The molecule has 158 valence electrons. The molecule has 0 unspecified atom stereocenters. The Morgan fingerprint density at radius 2 is 1.63 bits per heavy atom. The van der Waals surface area contributed by atoms with Gasteiger partial charge in [0, 0.05) is 11.1 Å². The second-order valence-electron chi connectivity index (χ2n) is 6.56. The monoisotopic (exact) mass is 421 g/mol. The lowest BCUT2D eigenvalue weighted by Gasteiger charge is -2.16. The molecule has 0 atom stereocenters. The molecule has 1 aliphatic carbocycles. The van der Waals surface area contributed by atoms with E-state index in [2.05, 4.69) is 5.32 Å². The third kappa shape index (κ3) is 4.73. The molecule has 9 heteroatoms. The molecule has 0 heterocycles. The highest BCUT2D eigenvalue weighted by molar-refractivity contribution is 6.09. The minimum absolute atomic E-state index is 0.0167. The van der Waals surface area contributed by atoms with E-state index < -0.39 is 23.6 Å². The fourth-order valence-electron chi connectivity index (χ4n) is 3.09. The predicted octanol–water partition coefficient (Wildman–Crippen LogP) is 5.01. The van der Waals surface area contributed by atoms with Crippen molar-refractivity contribution in [3.05, 3.63) is 59.2 Å². The average Bonchev–Trinajstić information content (AvgIpc) is 3.19. The molecule has 0 aromatic heterocycles. The third-order valence-electron chi connectivity index (χ3n) is 4.59. The molecule has 0 aliphatic heterocycles. The van der Waals surface area contributed by atoms with Crippen molar-refractivity contribution in [1.29, 1.82) is 0 Å². The molecule has 3 rings (SSSR count). The maximum Gasteiger partial charge on any atom is 0.416 e. The van der Waals surface area contributed by atoms with E-state index in [9.17, 15) is 27.9 Å². The second-order valence-corrected chi connectivity index (χ2v) is 6.56. The molecule has 2 aromatic carbocycles. The number of methoxy groups -OCH3 is 1. The molecule has 0 saturated heterocycles. The number of carboxylic acid groups (broad SMARTS) is 1. The summed E-state index contributed by atoms with van der Waals surface area (Å²) in [7, 11) is 1.49. The van der Waals surface area contributed by atoms with Gasteiger partial charge in [-0.25, -0.2) is 4.79 Å². The van der Waals surface area contributed by atoms with Crippen LogP contribution in [-0.2, 0) is 15.8 Å². The van der Waals surface area contributed by atoms with Crippen molar-refractivity contribution in [2.24, 2.45) is 0 Å². The van der Waals surface area contributed by atoms with Crippen LogP contribution < -0.4 is 14.8 Å². The van der Waals surface area contributed by atoms with E-state index in [0.29, 0.717) is 17.9 Å². The average molecular weight is 421 g/mol. The predicted molar refractivity (Wildman–Crippen MR) is 102 cm³/mol. The van der Waals surface area contributed by atoms with E-state index in [1.165, 1.54) is 7.11 Å². The van der Waals surface area contributed by atoms with Gasteiger partial charge in [-0.05, 0) is 61.7 Å². The Hall–Kier alpha value is -3.49. The molecule has 0 spiro atoms. The number of halogens is 3. The fraction of sp³-hybridized carbons (Fsp3) is 0.238. The Morgan fingerprint density at radius 1 is 1.00 bits per heavy atom. The smallest absolute Gasteiger partial charge is 0.416 e. The summed E-state index contributed by atoms with van der Waals surface area (Å²) in [6.07, 6.45) is -3.67. The van der Waals surface area contributed by atoms with Gasteiger partial charge in [-0.15, -0.1) is 0 Å². The topological polar surface area (TPSA) is 84.9 Å². The van der Waals surface area contributed by atoms with Gasteiger partial charge < -0.3 is 19.9 Å². The maximum atomic E-state index is 13.2. The SMILES string of the molecule is COc1ccc(Oc2ccc(C(F)(F)F)cc2NC(=O)C2=C(C(=O)O)CCC2)cc1. The normalized spacial score (nSPS) is 13.9. The van der Waals surface area contributed by atoms with Crippen LogP contribution in [0.2, 0.25) is 0 Å². The first-order chi connectivity index (χ1) is 14.2. The van der Waals surface area contributed by atoms with Gasteiger partial charge in [0.05, 0.1) is 18.4 Å². The van der Waals surface area contributed by atoms with Gasteiger partial charge in [0.1, 0.15) is 11.5 Å². The summed E-state index contributed by atoms with van der Waals surface area (Å²) in [5.74, 6) is -1.10. The van der Waals surface area contributed by atoms with Gasteiger partial charge in [-0.1, -0.05) is 0 Å². The standard InChI is InChI=1S/C21H18F3NO5/c1-29-13-6-8-14(9-7-13)30-18-10-5-12(21(22,23)24)11-17(18)25-19(26)15-3-2-4-16(15)20(27)28/h5-11H,2-4H2,1H3,(H,25,26)(H,27,28). The first-order valence-corrected chi connectivity index (χ1v) is 8.99. The zero-order chi connectivity index (χ0) is 21.9. The maximum absolute atomic E-state index is 13.2. The largest absolute Gasteiger partial charge is 0.497 e. The molecular weight excluding hydrogens is 403 g/mol. The molecule has 30 heavy (non-hydrogen) atoms. The summed E-state index contributed by atoms with van der Waals surface area (Å²) in [6, 6.07) is 9.04. The number of aliphatic carboxylic acids is 1. The number of ether oxygens (including phenoxy) is 2. The van der Waals surface area contributed by atoms with Crippen molar-refractivity contribution in [3.8, 4) is 17.2 Å². The van der Waals surface area contributed by atoms with Crippen LogP contribution in [0.3, 0.4) is 0 Å². The summed E-state index contributed by atoms with van der Waals surface area (Å²) in [5.41, 5.74) is -1.17. The van der Waals surface area contributed by atoms with E-state index in [1.807, 2.05) is 0 Å². The Kier molecular flexibility index (Phi) is 6.00. The number of hydrogen-bond acceptors (Lipinski definition) is 4. The Balaban J connectivity index is 1.94. The lowest BCUT2D eigenvalue weighted by Crippen LogP contribution is -2.17. The minimum Gasteiger partial charge on any atom is -0.497 e. The first kappa shape index (κ1) is 21.2. The van der Waals surface area contributed by atoms with E-state index in [4.69, 9.17) is 9.47 Å². The summed E-state index contributed by atoms with van der Waals surface area (Å²) in [5, 5.41) is 11.6. The number of anilines is 1. The first-order valence-electron chi connectivity index (χ1n) is 8.99. The number of amides is 1. The molecule has 0 saturated carbocycles. The summed E-state index contributed by atoms with van der Waals surface area (Å²) < 4.78 is 50.2. The van der Waals surface area contributed by atoms with E-state index in [0.717, 1.165) is 18.2 Å². The van der Waals surface area contributed by atoms with Crippen LogP contribution in [0.1, 0.15) is 24.8 Å². The summed E-state index contributed by atoms with van der Waals surface area (Å²) in [6.45, 7) is 0. The molecular formula is C21H18F3NO5. The van der Waals surface area contributed by atoms with Gasteiger partial charge in [0.15, 0.2) is 5.75 Å². The van der Waals surface area contributed by atoms with Gasteiger partial charge in [0.2, 0.25) is 0 Å². The van der Waals surface area contributed by atoms with Gasteiger partial charge in [-0.2, -0.15) is 13.2 Å². The molecule has 2 N–H and O–H groups in total. The second kappa shape index (κ2) is 8.48. The van der Waals surface area contributed by atoms with Crippen LogP contribution >= 0.6 is 0 Å². The van der Waals surface area contributed by atoms with Crippen molar-refractivity contribution >= 4 is 17.6 Å². The van der Waals surface area contributed by atoms with Crippen LogP contribution in [0.4, 0.5) is 18.9 Å². The van der Waals surface area contributed by atoms with E-state index in [1.54, 1.807) is 24.3 Å². The number of rotatable bonds is 6. The zero-order valence-corrected chi connectivity index (χ0v) is 15.9. The molecule has 6 nitrogen and oxygen atoms in total. The Labute approximate surface area is 169 Å². The highest BCUT2D eigenvalue weighted by atomic mass is 19.4. The lowest BCUT2D eigenvalue weighted by molar-refractivity contribution is -0.137. The van der Waals surface area contributed by atoms with Crippen LogP contribution in [0, 0.1) is 0 Å². The quantitative estimate of drug-likeness (QED) is 0.685. The molecule has 0 radical (unpaired) electrons. The Morgan fingerprint density at radius 3 is 2.23 bits per heavy atom. The highest BCUT2D eigenvalue weighted by Crippen LogP contribution is 2.38. The Bertz CT molecular complexity index is 997. The van der Waals surface area contributed by atoms with Crippen LogP contribution in [0.15, 0.2) is 53.6 Å². The van der Waals surface area contributed by atoms with Crippen LogP contribution in [-0.4, -0.2) is 24.1 Å². The fourth-order valence-corrected chi connectivity index (χ4v) is 3.09. The molecule has 1 amide bonds. The molecule has 0 bridgehead atoms. The van der Waals surface area contributed by atoms with Crippen molar-refractivity contribution in [3.63, 3.8) is 0 Å². The van der Waals surface area contributed by atoms with E-state index in [-0.39, 0.29) is 35.4 Å². The third-order valence-corrected chi connectivity index (χ3v) is 4.59. The van der Waals surface area contributed by atoms with Crippen LogP contribution in [0.25, 0.3) is 0 Å². The van der Waals surface area contributed by atoms with Gasteiger partial charge >= 0.3 is 12.1 Å². The van der Waals surface area contributed by atoms with Crippen LogP contribution in [0.5, 0.6) is 17.2 Å². The lowest BCUT2D eigenvalue weighted by atomic mass is 10.1. The number of carbonyl (C=O) groups excluding carboxylic acids is 1. The van der Waals surface area contributed by atoms with Gasteiger partial charge in [0.25, 0.3) is 5.91 Å². The van der Waals surface area contributed by atoms with Crippen molar-refractivity contribution in [2.45, 2.75) is 25.4 Å². The summed E-state index contributed by atoms with van der Waals surface area (Å²) >= 11 is 0. The zero-order valence-electron chi connectivity index (χ0n) is 15.9. The van der Waals surface area contributed by atoms with Crippen molar-refractivity contribution in [2.75, 3.05) is 12.4 Å². The number of carbonyl (C=O) groups is 2. The number of hydrogen-bond donors (Lipinski definition) is 2. The number of nitrogens with one attached hydrogen (secondary N) is 1. The molecule has 2 aromatic rings.